The molecule has 1 saturated carbocycles. The van der Waals surface area contributed by atoms with Gasteiger partial charge in [0, 0.05) is 24.7 Å². The molecule has 0 heterocycles. The largest absolute Gasteiger partial charge is 0.493 e. The predicted molar refractivity (Wildman–Crippen MR) is 146 cm³/mol. The molecule has 0 unspecified atom stereocenters. The lowest BCUT2D eigenvalue weighted by molar-refractivity contribution is 0.289. The summed E-state index contributed by atoms with van der Waals surface area (Å²) in [7, 11) is 4.98. The van der Waals surface area contributed by atoms with Crippen LogP contribution in [0.15, 0.2) is 12.1 Å². The molecule has 194 valence electrons. The van der Waals surface area contributed by atoms with Gasteiger partial charge in [0.2, 0.25) is 5.75 Å². The summed E-state index contributed by atoms with van der Waals surface area (Å²) in [6, 6.07) is 4.49. The number of ether oxygens (including phenoxy) is 3. The van der Waals surface area contributed by atoms with Crippen LogP contribution in [-0.2, 0) is 6.54 Å². The van der Waals surface area contributed by atoms with E-state index in [0.717, 1.165) is 23.0 Å². The highest BCUT2D eigenvalue weighted by molar-refractivity contribution is 7.80. The summed E-state index contributed by atoms with van der Waals surface area (Å²) < 4.78 is 16.8. The van der Waals surface area contributed by atoms with Gasteiger partial charge >= 0.3 is 0 Å². The lowest BCUT2D eigenvalue weighted by Crippen LogP contribution is -2.44. The maximum absolute atomic E-state index is 5.89. The van der Waals surface area contributed by atoms with E-state index in [-0.39, 0.29) is 0 Å². The van der Waals surface area contributed by atoms with Crippen LogP contribution in [-0.4, -0.2) is 43.9 Å². The van der Waals surface area contributed by atoms with E-state index in [4.69, 9.17) is 26.4 Å². The molecule has 1 aromatic rings. The molecule has 0 aromatic heterocycles. The summed E-state index contributed by atoms with van der Waals surface area (Å²) in [5, 5.41) is 4.42. The molecule has 6 heteroatoms. The number of rotatable bonds is 17. The highest BCUT2D eigenvalue weighted by Crippen LogP contribution is 2.40. The molecular formula is C28H48N2O3S. The summed E-state index contributed by atoms with van der Waals surface area (Å²) in [6.07, 6.45) is 18.4. The van der Waals surface area contributed by atoms with Crippen molar-refractivity contribution in [1.82, 2.24) is 10.2 Å². The van der Waals surface area contributed by atoms with E-state index in [2.05, 4.69) is 23.2 Å². The van der Waals surface area contributed by atoms with Crippen molar-refractivity contribution < 1.29 is 14.2 Å². The second-order valence-corrected chi connectivity index (χ2v) is 9.86. The van der Waals surface area contributed by atoms with Crippen LogP contribution in [0.4, 0.5) is 0 Å². The summed E-state index contributed by atoms with van der Waals surface area (Å²) in [4.78, 5) is 2.36. The van der Waals surface area contributed by atoms with Gasteiger partial charge in [0.05, 0.1) is 21.3 Å². The maximum Gasteiger partial charge on any atom is 0.203 e. The molecule has 0 aliphatic heterocycles. The summed E-state index contributed by atoms with van der Waals surface area (Å²) in [5.41, 5.74) is 1.06. The Labute approximate surface area is 213 Å². The summed E-state index contributed by atoms with van der Waals surface area (Å²) in [5.74, 6) is 2.04. The number of hydrogen-bond donors (Lipinski definition) is 1. The molecule has 2 rings (SSSR count). The van der Waals surface area contributed by atoms with Gasteiger partial charge in [-0.15, -0.1) is 0 Å². The molecule has 0 radical (unpaired) electrons. The fourth-order valence-electron chi connectivity index (χ4n) is 4.96. The SMILES string of the molecule is CCCCCCCCCCCCNC(=S)N(Cc1ccc(OC)c(OC)c1OC)C1CCCC1. The minimum Gasteiger partial charge on any atom is -0.493 e. The first-order valence-electron chi connectivity index (χ1n) is 13.5. The second-order valence-electron chi connectivity index (χ2n) is 9.47. The van der Waals surface area contributed by atoms with Crippen LogP contribution in [0.3, 0.4) is 0 Å². The van der Waals surface area contributed by atoms with Crippen molar-refractivity contribution in [1.29, 1.82) is 0 Å². The van der Waals surface area contributed by atoms with Gasteiger partial charge < -0.3 is 24.4 Å². The second kappa shape index (κ2) is 16.9. The molecule has 1 aromatic carbocycles. The van der Waals surface area contributed by atoms with Crippen molar-refractivity contribution in [2.75, 3.05) is 27.9 Å². The molecule has 0 atom stereocenters. The Morgan fingerprint density at radius 3 is 2.00 bits per heavy atom. The number of thiocarbonyl (C=S) groups is 1. The normalized spacial score (nSPS) is 13.6. The van der Waals surface area contributed by atoms with Gasteiger partial charge in [-0.3, -0.25) is 0 Å². The maximum atomic E-state index is 5.89. The third kappa shape index (κ3) is 9.16. The molecular weight excluding hydrogens is 444 g/mol. The Balaban J connectivity index is 1.84. The van der Waals surface area contributed by atoms with Crippen LogP contribution >= 0.6 is 12.2 Å². The minimum absolute atomic E-state index is 0.477. The van der Waals surface area contributed by atoms with Crippen molar-refractivity contribution in [3.8, 4) is 17.2 Å². The standard InChI is InChI=1S/C28H48N2O3S/c1-5-6-7-8-9-10-11-12-13-16-21-29-28(34)30(24-17-14-15-18-24)22-23-19-20-25(31-2)27(33-4)26(23)32-3/h19-20,24H,5-18,21-22H2,1-4H3,(H,29,34). The lowest BCUT2D eigenvalue weighted by Gasteiger charge is -2.32. The Kier molecular flexibility index (Phi) is 14.2. The molecule has 5 nitrogen and oxygen atoms in total. The van der Waals surface area contributed by atoms with E-state index < -0.39 is 0 Å². The van der Waals surface area contributed by atoms with Crippen molar-refractivity contribution in [2.45, 2.75) is 109 Å². The van der Waals surface area contributed by atoms with E-state index >= 15 is 0 Å². The third-order valence-electron chi connectivity index (χ3n) is 6.96. The molecule has 0 amide bonds. The first kappa shape index (κ1) is 28.5. The molecule has 1 aliphatic rings. The first-order valence-corrected chi connectivity index (χ1v) is 13.9. The van der Waals surface area contributed by atoms with Crippen LogP contribution in [0, 0.1) is 0 Å². The number of benzene rings is 1. The minimum atomic E-state index is 0.477. The molecule has 1 fully saturated rings. The van der Waals surface area contributed by atoms with Gasteiger partial charge in [-0.1, -0.05) is 77.6 Å². The van der Waals surface area contributed by atoms with Crippen LogP contribution in [0.1, 0.15) is 102 Å². The highest BCUT2D eigenvalue weighted by atomic mass is 32.1. The molecule has 0 bridgehead atoms. The smallest absolute Gasteiger partial charge is 0.203 e. The zero-order chi connectivity index (χ0) is 24.6. The average Bonchev–Trinajstić information content (AvgIpc) is 3.39. The van der Waals surface area contributed by atoms with Crippen LogP contribution in [0.25, 0.3) is 0 Å². The Hall–Kier alpha value is -1.69. The van der Waals surface area contributed by atoms with Gasteiger partial charge in [0.25, 0.3) is 0 Å². The van der Waals surface area contributed by atoms with E-state index in [0.29, 0.717) is 24.1 Å². The van der Waals surface area contributed by atoms with Gasteiger partial charge in [0.1, 0.15) is 0 Å². The highest BCUT2D eigenvalue weighted by Gasteiger charge is 2.27. The number of hydrogen-bond acceptors (Lipinski definition) is 4. The summed E-state index contributed by atoms with van der Waals surface area (Å²) in [6.45, 7) is 3.93. The molecule has 34 heavy (non-hydrogen) atoms. The Morgan fingerprint density at radius 1 is 0.853 bits per heavy atom. The molecule has 0 saturated heterocycles. The number of nitrogens with zero attached hydrogens (tertiary/aromatic N) is 1. The lowest BCUT2D eigenvalue weighted by atomic mass is 10.1. The fourth-order valence-corrected chi connectivity index (χ4v) is 5.28. The monoisotopic (exact) mass is 492 g/mol. The van der Waals surface area contributed by atoms with Crippen LogP contribution in [0.2, 0.25) is 0 Å². The van der Waals surface area contributed by atoms with E-state index in [1.807, 2.05) is 6.07 Å². The van der Waals surface area contributed by atoms with Gasteiger partial charge in [0.15, 0.2) is 16.6 Å². The van der Waals surface area contributed by atoms with E-state index in [9.17, 15) is 0 Å². The number of methoxy groups -OCH3 is 3. The van der Waals surface area contributed by atoms with Crippen molar-refractivity contribution in [3.63, 3.8) is 0 Å². The van der Waals surface area contributed by atoms with Crippen molar-refractivity contribution >= 4 is 17.3 Å². The zero-order valence-electron chi connectivity index (χ0n) is 22.1. The quantitative estimate of drug-likeness (QED) is 0.182. The van der Waals surface area contributed by atoms with Gasteiger partial charge in [-0.05, 0) is 43.6 Å². The molecule has 1 aliphatic carbocycles. The number of unbranched alkanes of at least 4 members (excludes halogenated alkanes) is 9. The van der Waals surface area contributed by atoms with Crippen molar-refractivity contribution in [3.05, 3.63) is 17.7 Å². The molecule has 1 N–H and O–H groups in total. The molecule has 0 spiro atoms. The average molecular weight is 493 g/mol. The summed E-state index contributed by atoms with van der Waals surface area (Å²) >= 11 is 5.89. The zero-order valence-corrected chi connectivity index (χ0v) is 22.9. The van der Waals surface area contributed by atoms with Gasteiger partial charge in [-0.2, -0.15) is 0 Å². The first-order chi connectivity index (χ1) is 16.7. The predicted octanol–water partition coefficient (Wildman–Crippen LogP) is 7.25. The number of nitrogens with one attached hydrogen (secondary N) is 1. The Morgan fingerprint density at radius 2 is 1.44 bits per heavy atom. The van der Waals surface area contributed by atoms with Gasteiger partial charge in [-0.25, -0.2) is 0 Å². The fraction of sp³-hybridized carbons (Fsp3) is 0.750. The third-order valence-corrected chi connectivity index (χ3v) is 7.34. The topological polar surface area (TPSA) is 43.0 Å². The Bertz CT molecular complexity index is 707. The van der Waals surface area contributed by atoms with Crippen molar-refractivity contribution in [2.24, 2.45) is 0 Å². The van der Waals surface area contributed by atoms with E-state index in [1.165, 1.54) is 89.9 Å². The van der Waals surface area contributed by atoms with Crippen LogP contribution < -0.4 is 19.5 Å². The van der Waals surface area contributed by atoms with Crippen LogP contribution in [0.5, 0.6) is 17.2 Å². The van der Waals surface area contributed by atoms with E-state index in [1.54, 1.807) is 21.3 Å².